The first-order valence-electron chi connectivity index (χ1n) is 16.2. The summed E-state index contributed by atoms with van der Waals surface area (Å²) in [6.45, 7) is 6.04. The van der Waals surface area contributed by atoms with Crippen molar-refractivity contribution in [2.45, 2.75) is 45.1 Å². The van der Waals surface area contributed by atoms with Crippen LogP contribution < -0.4 is 16.0 Å². The van der Waals surface area contributed by atoms with Crippen molar-refractivity contribution in [1.29, 1.82) is 0 Å². The smallest absolute Gasteiger partial charge is 0.409 e. The maximum absolute atomic E-state index is 13.7. The SMILES string of the molecule is CCCCCOC(=O)N1CCN(C(=O)[C@H](CCC(=O)O)NC(=O)c2cc(N3CCN(CC(N)=O)CC3)cc(-c3ccccc3)n2)CC1. The minimum absolute atomic E-state index is 0.0877. The third-order valence-corrected chi connectivity index (χ3v) is 8.30. The largest absolute Gasteiger partial charge is 0.481 e. The van der Waals surface area contributed by atoms with Crippen LogP contribution in [0.4, 0.5) is 10.5 Å². The molecule has 14 nitrogen and oxygen atoms in total. The van der Waals surface area contributed by atoms with Crippen LogP contribution in [0, 0.1) is 0 Å². The normalized spacial score (nSPS) is 16.0. The van der Waals surface area contributed by atoms with Gasteiger partial charge in [0.2, 0.25) is 11.8 Å². The van der Waals surface area contributed by atoms with Gasteiger partial charge < -0.3 is 35.6 Å². The van der Waals surface area contributed by atoms with Gasteiger partial charge in [0.25, 0.3) is 5.91 Å². The molecule has 0 spiro atoms. The lowest BCUT2D eigenvalue weighted by Gasteiger charge is -2.36. The van der Waals surface area contributed by atoms with Crippen LogP contribution in [0.5, 0.6) is 0 Å². The van der Waals surface area contributed by atoms with Crippen molar-refractivity contribution in [2.24, 2.45) is 5.73 Å². The van der Waals surface area contributed by atoms with E-state index in [0.717, 1.165) is 30.5 Å². The number of primary amides is 1. The molecule has 2 saturated heterocycles. The van der Waals surface area contributed by atoms with Gasteiger partial charge in [0.1, 0.15) is 11.7 Å². The maximum Gasteiger partial charge on any atom is 0.409 e. The number of hydrogen-bond donors (Lipinski definition) is 3. The molecule has 3 heterocycles. The highest BCUT2D eigenvalue weighted by atomic mass is 16.6. The molecule has 0 bridgehead atoms. The minimum atomic E-state index is -1.10. The maximum atomic E-state index is 13.7. The standard InChI is InChI=1S/C33H45N7O7/c1-2-3-7-20-47-33(46)40-18-16-39(17-19-40)32(45)26(10-11-30(42)43)36-31(44)28-22-25(21-27(35-28)24-8-5-4-6-9-24)38-14-12-37(13-15-38)23-29(34)41/h4-6,8-9,21-22,26H,2-3,7,10-20,23H2,1H3,(H2,34,41)(H,36,44)(H,42,43)/t26-/m0/s1. The van der Waals surface area contributed by atoms with Gasteiger partial charge in [-0.15, -0.1) is 0 Å². The van der Waals surface area contributed by atoms with E-state index >= 15 is 0 Å². The number of benzene rings is 1. The quantitative estimate of drug-likeness (QED) is 0.255. The first-order chi connectivity index (χ1) is 22.6. The number of anilines is 1. The second-order valence-corrected chi connectivity index (χ2v) is 11.8. The van der Waals surface area contributed by atoms with Crippen LogP contribution in [-0.4, -0.2) is 126 Å². The number of nitrogens with zero attached hydrogens (tertiary/aromatic N) is 5. The average Bonchev–Trinajstić information content (AvgIpc) is 3.08. The van der Waals surface area contributed by atoms with Crippen LogP contribution in [0.25, 0.3) is 11.3 Å². The molecular weight excluding hydrogens is 606 g/mol. The number of carbonyl (C=O) groups excluding carboxylic acids is 4. The van der Waals surface area contributed by atoms with Gasteiger partial charge >= 0.3 is 12.1 Å². The van der Waals surface area contributed by atoms with Gasteiger partial charge in [0.05, 0.1) is 18.8 Å². The second kappa shape index (κ2) is 17.3. The van der Waals surface area contributed by atoms with Crippen LogP contribution in [0.3, 0.4) is 0 Å². The van der Waals surface area contributed by atoms with Crippen LogP contribution in [0.2, 0.25) is 0 Å². The highest BCUT2D eigenvalue weighted by Gasteiger charge is 2.31. The van der Waals surface area contributed by atoms with Crippen LogP contribution in [0.15, 0.2) is 42.5 Å². The first-order valence-corrected chi connectivity index (χ1v) is 16.2. The number of amides is 4. The molecule has 1 aromatic heterocycles. The van der Waals surface area contributed by atoms with Gasteiger partial charge in [-0.25, -0.2) is 9.78 Å². The number of aliphatic carboxylic acids is 1. The second-order valence-electron chi connectivity index (χ2n) is 11.8. The van der Waals surface area contributed by atoms with E-state index in [9.17, 15) is 29.1 Å². The third-order valence-electron chi connectivity index (χ3n) is 8.30. The number of pyridine rings is 1. The number of unbranched alkanes of at least 4 members (excludes halogenated alkanes) is 2. The molecule has 2 aromatic rings. The Hall–Kier alpha value is -4.72. The highest BCUT2D eigenvalue weighted by molar-refractivity contribution is 5.97. The van der Waals surface area contributed by atoms with Gasteiger partial charge in [0, 0.05) is 70.0 Å². The van der Waals surface area contributed by atoms with Crippen LogP contribution >= 0.6 is 0 Å². The predicted octanol–water partition coefficient (Wildman–Crippen LogP) is 1.79. The van der Waals surface area contributed by atoms with Crippen molar-refractivity contribution in [3.63, 3.8) is 0 Å². The van der Waals surface area contributed by atoms with Crippen molar-refractivity contribution in [2.75, 3.05) is 70.4 Å². The molecule has 254 valence electrons. The lowest BCUT2D eigenvalue weighted by atomic mass is 10.1. The number of piperazine rings is 2. The molecule has 0 unspecified atom stereocenters. The molecule has 1 atom stereocenters. The molecule has 4 amide bonds. The van der Waals surface area contributed by atoms with Crippen LogP contribution in [-0.2, 0) is 19.1 Å². The van der Waals surface area contributed by atoms with E-state index in [0.29, 0.717) is 38.5 Å². The highest BCUT2D eigenvalue weighted by Crippen LogP contribution is 2.25. The van der Waals surface area contributed by atoms with Crippen LogP contribution in [0.1, 0.15) is 49.5 Å². The summed E-state index contributed by atoms with van der Waals surface area (Å²) in [5.74, 6) is -2.49. The monoisotopic (exact) mass is 651 g/mol. The summed E-state index contributed by atoms with van der Waals surface area (Å²) in [5.41, 5.74) is 7.58. The number of nitrogens with two attached hydrogens (primary N) is 1. The Kier molecular flexibility index (Phi) is 12.9. The summed E-state index contributed by atoms with van der Waals surface area (Å²) in [5, 5.41) is 12.1. The number of hydrogen-bond acceptors (Lipinski definition) is 9. The zero-order chi connectivity index (χ0) is 33.8. The summed E-state index contributed by atoms with van der Waals surface area (Å²) in [7, 11) is 0. The van der Waals surface area contributed by atoms with E-state index in [1.165, 1.54) is 0 Å². The fourth-order valence-corrected chi connectivity index (χ4v) is 5.65. The molecule has 1 aromatic carbocycles. The Bertz CT molecular complexity index is 1390. The molecule has 14 heteroatoms. The van der Waals surface area contributed by atoms with E-state index in [4.69, 9.17) is 10.5 Å². The van der Waals surface area contributed by atoms with E-state index in [1.807, 2.05) is 41.3 Å². The Morgan fingerprint density at radius 2 is 1.62 bits per heavy atom. The lowest BCUT2D eigenvalue weighted by Crippen LogP contribution is -2.56. The number of carbonyl (C=O) groups is 5. The van der Waals surface area contributed by atoms with Gasteiger partial charge in [-0.2, -0.15) is 0 Å². The molecular formula is C33H45N7O7. The number of carboxylic acid groups (broad SMARTS) is 1. The Balaban J connectivity index is 1.48. The zero-order valence-electron chi connectivity index (χ0n) is 26.9. The Morgan fingerprint density at radius 3 is 2.26 bits per heavy atom. The number of nitrogens with one attached hydrogen (secondary N) is 1. The van der Waals surface area contributed by atoms with Gasteiger partial charge in [-0.05, 0) is 25.0 Å². The number of carboxylic acids is 1. The summed E-state index contributed by atoms with van der Waals surface area (Å²) >= 11 is 0. The third kappa shape index (κ3) is 10.4. The fraction of sp³-hybridized carbons (Fsp3) is 0.515. The van der Waals surface area contributed by atoms with E-state index in [1.54, 1.807) is 15.9 Å². The molecule has 47 heavy (non-hydrogen) atoms. The number of aromatic nitrogens is 1. The van der Waals surface area contributed by atoms with Crippen molar-refractivity contribution >= 4 is 35.5 Å². The number of rotatable bonds is 14. The number of ether oxygens (including phenoxy) is 1. The summed E-state index contributed by atoms with van der Waals surface area (Å²) in [6, 6.07) is 11.9. The molecule has 4 N–H and O–H groups in total. The van der Waals surface area contributed by atoms with Crippen molar-refractivity contribution in [3.8, 4) is 11.3 Å². The molecule has 4 rings (SSSR count). The van der Waals surface area contributed by atoms with E-state index in [-0.39, 0.29) is 57.2 Å². The predicted molar refractivity (Wildman–Crippen MR) is 175 cm³/mol. The molecule has 0 saturated carbocycles. The molecule has 2 aliphatic rings. The molecule has 2 fully saturated rings. The summed E-state index contributed by atoms with van der Waals surface area (Å²) in [4.78, 5) is 74.4. The van der Waals surface area contributed by atoms with E-state index < -0.39 is 29.9 Å². The summed E-state index contributed by atoms with van der Waals surface area (Å²) in [6.07, 6.45) is 1.94. The Labute approximate surface area is 274 Å². The van der Waals surface area contributed by atoms with Crippen molar-refractivity contribution in [3.05, 3.63) is 48.2 Å². The van der Waals surface area contributed by atoms with Gasteiger partial charge in [-0.1, -0.05) is 50.1 Å². The van der Waals surface area contributed by atoms with Crippen molar-refractivity contribution < 1.29 is 33.8 Å². The average molecular weight is 652 g/mol. The fourth-order valence-electron chi connectivity index (χ4n) is 5.65. The van der Waals surface area contributed by atoms with Gasteiger partial charge in [-0.3, -0.25) is 24.1 Å². The Morgan fingerprint density at radius 1 is 0.936 bits per heavy atom. The van der Waals surface area contributed by atoms with Crippen molar-refractivity contribution in [1.82, 2.24) is 25.0 Å². The first kappa shape index (κ1) is 35.1. The topological polar surface area (TPSA) is 179 Å². The van der Waals surface area contributed by atoms with E-state index in [2.05, 4.69) is 22.1 Å². The molecule has 0 aliphatic carbocycles. The zero-order valence-corrected chi connectivity index (χ0v) is 26.9. The molecule has 2 aliphatic heterocycles. The minimum Gasteiger partial charge on any atom is -0.481 e. The lowest BCUT2D eigenvalue weighted by molar-refractivity contribution is -0.138. The van der Waals surface area contributed by atoms with Gasteiger partial charge in [0.15, 0.2) is 0 Å². The summed E-state index contributed by atoms with van der Waals surface area (Å²) < 4.78 is 5.34. The molecule has 0 radical (unpaired) electrons.